The summed E-state index contributed by atoms with van der Waals surface area (Å²) in [4.78, 5) is 0. The van der Waals surface area contributed by atoms with Gasteiger partial charge in [0.25, 0.3) is 0 Å². The highest BCUT2D eigenvalue weighted by Crippen LogP contribution is 2.39. The van der Waals surface area contributed by atoms with Crippen molar-refractivity contribution < 1.29 is 14.2 Å². The maximum absolute atomic E-state index is 5.86. The fraction of sp³-hybridized carbons (Fsp3) is 0.571. The zero-order valence-corrected chi connectivity index (χ0v) is 12.6. The Morgan fingerprint density at radius 3 is 2.00 bits per heavy atom. The first-order valence-electron chi connectivity index (χ1n) is 5.90. The first-order valence-corrected chi connectivity index (χ1v) is 6.53. The molecule has 0 N–H and O–H groups in total. The fourth-order valence-electron chi connectivity index (χ4n) is 1.47. The summed E-state index contributed by atoms with van der Waals surface area (Å²) in [5.74, 6) is 2.80. The number of aryl methyl sites for hydroxylation is 1. The van der Waals surface area contributed by atoms with E-state index >= 15 is 0 Å². The van der Waals surface area contributed by atoms with E-state index in [1.807, 2.05) is 19.1 Å². The van der Waals surface area contributed by atoms with Gasteiger partial charge in [0.2, 0.25) is 5.75 Å². The summed E-state index contributed by atoms with van der Waals surface area (Å²) < 4.78 is 16.5. The molecule has 4 heteroatoms. The van der Waals surface area contributed by atoms with E-state index in [1.165, 1.54) is 0 Å². The van der Waals surface area contributed by atoms with Gasteiger partial charge < -0.3 is 14.2 Å². The van der Waals surface area contributed by atoms with E-state index < -0.39 is 0 Å². The van der Waals surface area contributed by atoms with Gasteiger partial charge in [0.1, 0.15) is 0 Å². The van der Waals surface area contributed by atoms with E-state index in [0.29, 0.717) is 23.9 Å². The molecule has 0 atom stereocenters. The van der Waals surface area contributed by atoms with Crippen molar-refractivity contribution in [3.05, 3.63) is 17.7 Å². The molecule has 102 valence electrons. The molecule has 1 aromatic carbocycles. The Kier molecular flexibility index (Phi) is 5.20. The van der Waals surface area contributed by atoms with Crippen LogP contribution >= 0.6 is 12.6 Å². The second-order valence-corrected chi connectivity index (χ2v) is 5.43. The van der Waals surface area contributed by atoms with Crippen LogP contribution in [0.5, 0.6) is 17.2 Å². The van der Waals surface area contributed by atoms with Gasteiger partial charge in [-0.3, -0.25) is 0 Å². The van der Waals surface area contributed by atoms with E-state index in [9.17, 15) is 0 Å². The summed E-state index contributed by atoms with van der Waals surface area (Å²) in [7, 11) is 3.26. The molecule has 18 heavy (non-hydrogen) atoms. The summed E-state index contributed by atoms with van der Waals surface area (Å²) in [5.41, 5.74) is 1.08. The summed E-state index contributed by atoms with van der Waals surface area (Å²) in [6.07, 6.45) is 0. The minimum Gasteiger partial charge on any atom is -0.493 e. The second kappa shape index (κ2) is 6.23. The molecule has 0 aliphatic rings. The molecule has 0 unspecified atom stereocenters. The lowest BCUT2D eigenvalue weighted by Gasteiger charge is -2.24. The first kappa shape index (κ1) is 15.0. The summed E-state index contributed by atoms with van der Waals surface area (Å²) in [6, 6.07) is 3.87. The molecule has 0 bridgehead atoms. The minimum atomic E-state index is 0.00399. The molecule has 0 heterocycles. The summed E-state index contributed by atoms with van der Waals surface area (Å²) in [6.45, 7) is 6.76. The van der Waals surface area contributed by atoms with Crippen molar-refractivity contribution >= 4 is 12.6 Å². The molecule has 0 aliphatic carbocycles. The Morgan fingerprint density at radius 2 is 1.61 bits per heavy atom. The molecule has 0 saturated heterocycles. The SMILES string of the molecule is COc1cc(C)cc(OC)c1OCC(C)(C)CS. The Bertz CT molecular complexity index is 377. The normalized spacial score (nSPS) is 11.2. The number of thiol groups is 1. The third kappa shape index (κ3) is 3.73. The fourth-order valence-corrected chi connectivity index (χ4v) is 1.56. The number of benzene rings is 1. The van der Waals surface area contributed by atoms with Crippen molar-refractivity contribution in [2.45, 2.75) is 20.8 Å². The van der Waals surface area contributed by atoms with Crippen LogP contribution in [0.25, 0.3) is 0 Å². The Balaban J connectivity index is 2.99. The topological polar surface area (TPSA) is 27.7 Å². The highest BCUT2D eigenvalue weighted by atomic mass is 32.1. The average Bonchev–Trinajstić information content (AvgIpc) is 2.36. The highest BCUT2D eigenvalue weighted by Gasteiger charge is 2.20. The van der Waals surface area contributed by atoms with Crippen molar-refractivity contribution in [1.29, 1.82) is 0 Å². The van der Waals surface area contributed by atoms with Crippen LogP contribution in [0.15, 0.2) is 12.1 Å². The third-order valence-corrected chi connectivity index (χ3v) is 3.50. The Hall–Kier alpha value is -1.03. The summed E-state index contributed by atoms with van der Waals surface area (Å²) >= 11 is 4.32. The molecule has 0 aliphatic heterocycles. The molecule has 1 aromatic rings. The number of methoxy groups -OCH3 is 2. The zero-order chi connectivity index (χ0) is 13.8. The quantitative estimate of drug-likeness (QED) is 0.803. The standard InChI is InChI=1S/C14H22O3S/c1-10-6-11(15-4)13(12(7-10)16-5)17-8-14(2,3)9-18/h6-7,18H,8-9H2,1-5H3. The number of hydrogen-bond donors (Lipinski definition) is 1. The van der Waals surface area contributed by atoms with Gasteiger partial charge in [0.15, 0.2) is 11.5 Å². The lowest BCUT2D eigenvalue weighted by atomic mass is 9.98. The van der Waals surface area contributed by atoms with Crippen molar-refractivity contribution in [2.24, 2.45) is 5.41 Å². The van der Waals surface area contributed by atoms with Crippen molar-refractivity contribution in [2.75, 3.05) is 26.6 Å². The lowest BCUT2D eigenvalue weighted by Crippen LogP contribution is -2.23. The molecular formula is C14H22O3S. The van der Waals surface area contributed by atoms with Gasteiger partial charge in [-0.15, -0.1) is 0 Å². The van der Waals surface area contributed by atoms with Crippen molar-refractivity contribution in [3.63, 3.8) is 0 Å². The van der Waals surface area contributed by atoms with Crippen molar-refractivity contribution in [1.82, 2.24) is 0 Å². The zero-order valence-electron chi connectivity index (χ0n) is 11.7. The van der Waals surface area contributed by atoms with Gasteiger partial charge >= 0.3 is 0 Å². The first-order chi connectivity index (χ1) is 8.43. The highest BCUT2D eigenvalue weighted by molar-refractivity contribution is 7.80. The lowest BCUT2D eigenvalue weighted by molar-refractivity contribution is 0.188. The number of hydrogen-bond acceptors (Lipinski definition) is 4. The van der Waals surface area contributed by atoms with Crippen LogP contribution in [0.1, 0.15) is 19.4 Å². The van der Waals surface area contributed by atoms with Gasteiger partial charge in [-0.2, -0.15) is 12.6 Å². The molecule has 0 radical (unpaired) electrons. The average molecular weight is 270 g/mol. The summed E-state index contributed by atoms with van der Waals surface area (Å²) in [5, 5.41) is 0. The van der Waals surface area contributed by atoms with E-state index in [1.54, 1.807) is 14.2 Å². The molecule has 0 saturated carbocycles. The number of ether oxygens (including phenoxy) is 3. The second-order valence-electron chi connectivity index (χ2n) is 5.11. The molecule has 0 fully saturated rings. The predicted octanol–water partition coefficient (Wildman–Crippen LogP) is 3.35. The Morgan fingerprint density at radius 1 is 1.11 bits per heavy atom. The van der Waals surface area contributed by atoms with E-state index in [0.717, 1.165) is 11.3 Å². The largest absolute Gasteiger partial charge is 0.493 e. The van der Waals surface area contributed by atoms with E-state index in [4.69, 9.17) is 14.2 Å². The van der Waals surface area contributed by atoms with Gasteiger partial charge in [0, 0.05) is 5.41 Å². The van der Waals surface area contributed by atoms with Crippen molar-refractivity contribution in [3.8, 4) is 17.2 Å². The maximum Gasteiger partial charge on any atom is 0.203 e. The van der Waals surface area contributed by atoms with Crippen LogP contribution in [0, 0.1) is 12.3 Å². The smallest absolute Gasteiger partial charge is 0.203 e. The van der Waals surface area contributed by atoms with Gasteiger partial charge in [0.05, 0.1) is 20.8 Å². The molecule has 0 spiro atoms. The van der Waals surface area contributed by atoms with Crippen LogP contribution < -0.4 is 14.2 Å². The molecular weight excluding hydrogens is 248 g/mol. The van der Waals surface area contributed by atoms with E-state index in [-0.39, 0.29) is 5.41 Å². The monoisotopic (exact) mass is 270 g/mol. The maximum atomic E-state index is 5.86. The van der Waals surface area contributed by atoms with Gasteiger partial charge in [-0.1, -0.05) is 13.8 Å². The predicted molar refractivity (Wildman–Crippen MR) is 77.4 cm³/mol. The molecule has 1 rings (SSSR count). The minimum absolute atomic E-state index is 0.00399. The molecule has 3 nitrogen and oxygen atoms in total. The van der Waals surface area contributed by atoms with Crippen LogP contribution in [0.2, 0.25) is 0 Å². The van der Waals surface area contributed by atoms with Crippen LogP contribution in [-0.4, -0.2) is 26.6 Å². The van der Waals surface area contributed by atoms with Gasteiger partial charge in [-0.05, 0) is 30.4 Å². The van der Waals surface area contributed by atoms with E-state index in [2.05, 4.69) is 26.5 Å². The van der Waals surface area contributed by atoms with Crippen LogP contribution in [-0.2, 0) is 0 Å². The molecule has 0 amide bonds. The third-order valence-electron chi connectivity index (χ3n) is 2.64. The van der Waals surface area contributed by atoms with Crippen LogP contribution in [0.3, 0.4) is 0 Å². The van der Waals surface area contributed by atoms with Crippen LogP contribution in [0.4, 0.5) is 0 Å². The Labute approximate surface area is 115 Å². The number of rotatable bonds is 6. The van der Waals surface area contributed by atoms with Gasteiger partial charge in [-0.25, -0.2) is 0 Å². The molecule has 0 aromatic heterocycles.